The Balaban J connectivity index is 0.000000426. The Bertz CT molecular complexity index is 1650. The number of piperidine rings is 1. The summed E-state index contributed by atoms with van der Waals surface area (Å²) >= 11 is 0. The lowest BCUT2D eigenvalue weighted by Crippen LogP contribution is -2.38. The molecule has 3 heterocycles. The number of likely N-dealkylation sites (tertiary alicyclic amines) is 1. The first-order valence-electron chi connectivity index (χ1n) is 14.8. The Hall–Kier alpha value is -4.80. The number of imidazole rings is 1. The van der Waals surface area contributed by atoms with E-state index < -0.39 is 11.9 Å². The fourth-order valence-electron chi connectivity index (χ4n) is 5.68. The van der Waals surface area contributed by atoms with Crippen LogP contribution < -0.4 is 0 Å². The van der Waals surface area contributed by atoms with Crippen molar-refractivity contribution in [2.24, 2.45) is 0 Å². The zero-order valence-electron chi connectivity index (χ0n) is 24.7. The van der Waals surface area contributed by atoms with Crippen LogP contribution in [0.15, 0.2) is 97.1 Å². The number of aliphatic carboxylic acids is 2. The number of hydrogen-bond donors (Lipinski definition) is 2. The van der Waals surface area contributed by atoms with E-state index >= 15 is 0 Å². The van der Waals surface area contributed by atoms with Crippen LogP contribution in [0, 0.1) is 6.92 Å². The van der Waals surface area contributed by atoms with E-state index in [2.05, 4.69) is 109 Å². The lowest BCUT2D eigenvalue weighted by Gasteiger charge is -2.34. The molecule has 5 aromatic rings. The van der Waals surface area contributed by atoms with Gasteiger partial charge in [0.05, 0.1) is 17.1 Å². The number of ether oxygens (including phenoxy) is 1. The molecule has 10 nitrogen and oxygen atoms in total. The molecule has 0 aliphatic carbocycles. The highest BCUT2D eigenvalue weighted by molar-refractivity contribution is 5.89. The van der Waals surface area contributed by atoms with Gasteiger partial charge in [-0.1, -0.05) is 72.8 Å². The Morgan fingerprint density at radius 1 is 0.818 bits per heavy atom. The molecule has 1 aliphatic rings. The van der Waals surface area contributed by atoms with Crippen molar-refractivity contribution in [3.05, 3.63) is 114 Å². The molecule has 1 aliphatic heterocycles. The van der Waals surface area contributed by atoms with Gasteiger partial charge >= 0.3 is 11.9 Å². The molecule has 0 atom stereocenters. The monoisotopic (exact) mass is 595 g/mol. The van der Waals surface area contributed by atoms with Crippen LogP contribution >= 0.6 is 0 Å². The number of hydrogen-bond acceptors (Lipinski definition) is 6. The van der Waals surface area contributed by atoms with E-state index in [9.17, 15) is 9.59 Å². The molecule has 0 unspecified atom stereocenters. The van der Waals surface area contributed by atoms with Crippen molar-refractivity contribution in [3.8, 4) is 0 Å². The van der Waals surface area contributed by atoms with E-state index in [1.807, 2.05) is 6.92 Å². The summed E-state index contributed by atoms with van der Waals surface area (Å²) in [5.74, 6) is -0.639. The highest BCUT2D eigenvalue weighted by atomic mass is 16.5. The number of nitrogens with zero attached hydrogens (tertiary/aromatic N) is 5. The van der Waals surface area contributed by atoms with Crippen molar-refractivity contribution < 1.29 is 24.5 Å². The molecule has 3 aromatic carbocycles. The van der Waals surface area contributed by atoms with Crippen LogP contribution in [0.4, 0.5) is 0 Å². The maximum atomic E-state index is 9.55. The average Bonchev–Trinajstić information content (AvgIpc) is 3.58. The van der Waals surface area contributed by atoms with Gasteiger partial charge in [-0.05, 0) is 56.0 Å². The van der Waals surface area contributed by atoms with Crippen LogP contribution in [0.2, 0.25) is 0 Å². The minimum Gasteiger partial charge on any atom is -0.478 e. The van der Waals surface area contributed by atoms with E-state index in [0.717, 1.165) is 57.0 Å². The zero-order valence-corrected chi connectivity index (χ0v) is 24.7. The molecule has 10 heteroatoms. The van der Waals surface area contributed by atoms with Crippen molar-refractivity contribution in [3.63, 3.8) is 0 Å². The van der Waals surface area contributed by atoms with Gasteiger partial charge in [-0.25, -0.2) is 9.59 Å². The number of aryl methyl sites for hydroxylation is 2. The lowest BCUT2D eigenvalue weighted by molar-refractivity contribution is -0.134. The Kier molecular flexibility index (Phi) is 10.2. The molecule has 228 valence electrons. The van der Waals surface area contributed by atoms with E-state index in [1.165, 1.54) is 22.2 Å². The van der Waals surface area contributed by atoms with Crippen LogP contribution in [0.25, 0.3) is 16.8 Å². The SMILES string of the molecule is Cc1nnc2n(CCCN3CCC(OC(c4ccccc4)c4ccccc4)CC3)c3ccccc3n12.O=C(O)/C=C/C(=O)O. The first-order valence-corrected chi connectivity index (χ1v) is 14.8. The summed E-state index contributed by atoms with van der Waals surface area (Å²) in [7, 11) is 0. The summed E-state index contributed by atoms with van der Waals surface area (Å²) in [5, 5.41) is 24.4. The van der Waals surface area contributed by atoms with Gasteiger partial charge in [0.15, 0.2) is 0 Å². The second-order valence-corrected chi connectivity index (χ2v) is 10.8. The third-order valence-corrected chi connectivity index (χ3v) is 7.75. The largest absolute Gasteiger partial charge is 0.478 e. The second kappa shape index (κ2) is 14.6. The van der Waals surface area contributed by atoms with Gasteiger partial charge in [-0.3, -0.25) is 4.40 Å². The van der Waals surface area contributed by atoms with Crippen LogP contribution in [0.3, 0.4) is 0 Å². The molecule has 0 saturated carbocycles. The number of carbonyl (C=O) groups is 2. The zero-order chi connectivity index (χ0) is 30.9. The number of para-hydroxylation sites is 2. The van der Waals surface area contributed by atoms with Crippen LogP contribution in [-0.2, 0) is 20.9 Å². The number of benzene rings is 3. The molecule has 2 aromatic heterocycles. The smallest absolute Gasteiger partial charge is 0.328 e. The quantitative estimate of drug-likeness (QED) is 0.207. The molecule has 0 radical (unpaired) electrons. The first-order chi connectivity index (χ1) is 21.4. The minimum atomic E-state index is -1.26. The lowest BCUT2D eigenvalue weighted by atomic mass is 10.00. The van der Waals surface area contributed by atoms with Gasteiger partial charge in [0.25, 0.3) is 0 Å². The molecule has 2 N–H and O–H groups in total. The Morgan fingerprint density at radius 2 is 1.36 bits per heavy atom. The molecular weight excluding hydrogens is 558 g/mol. The van der Waals surface area contributed by atoms with Gasteiger partial charge in [-0.2, -0.15) is 0 Å². The molecule has 0 spiro atoms. The Labute approximate surface area is 255 Å². The van der Waals surface area contributed by atoms with Gasteiger partial charge in [0.1, 0.15) is 11.9 Å². The van der Waals surface area contributed by atoms with Gasteiger partial charge in [0.2, 0.25) is 5.78 Å². The molecule has 0 amide bonds. The fourth-order valence-corrected chi connectivity index (χ4v) is 5.68. The van der Waals surface area contributed by atoms with E-state index in [1.54, 1.807) is 0 Å². The number of rotatable bonds is 10. The van der Waals surface area contributed by atoms with Crippen molar-refractivity contribution in [1.82, 2.24) is 24.1 Å². The number of fused-ring (bicyclic) bond motifs is 3. The van der Waals surface area contributed by atoms with Crippen LogP contribution in [-0.4, -0.2) is 72.0 Å². The summed E-state index contributed by atoms with van der Waals surface area (Å²) in [6, 6.07) is 29.7. The predicted molar refractivity (Wildman–Crippen MR) is 168 cm³/mol. The van der Waals surface area contributed by atoms with E-state index in [4.69, 9.17) is 14.9 Å². The molecule has 0 bridgehead atoms. The minimum absolute atomic E-state index is 0.0139. The standard InChI is InChI=1S/C30H33N5O.C4H4O4/c1-23-31-32-30-34(27-15-8-9-16-28(27)35(23)30)20-10-19-33-21-17-26(18-22-33)36-29(24-11-4-2-5-12-24)25-13-6-3-7-14-25;5-3(6)1-2-4(7)8/h2-9,11-16,26,29H,10,17-22H2,1H3;1-2H,(H,5,6)(H,7,8)/b;2-1+. The normalized spacial score (nSPS) is 14.3. The van der Waals surface area contributed by atoms with E-state index in [0.29, 0.717) is 12.2 Å². The molecular formula is C34H37N5O5. The number of aromatic nitrogens is 4. The maximum absolute atomic E-state index is 9.55. The summed E-state index contributed by atoms with van der Waals surface area (Å²) in [4.78, 5) is 21.7. The summed E-state index contributed by atoms with van der Waals surface area (Å²) in [5.41, 5.74) is 4.85. The third kappa shape index (κ3) is 7.58. The second-order valence-electron chi connectivity index (χ2n) is 10.8. The fraction of sp³-hybridized carbons (Fsp3) is 0.294. The molecule has 1 fully saturated rings. The maximum Gasteiger partial charge on any atom is 0.328 e. The topological polar surface area (TPSA) is 122 Å². The summed E-state index contributed by atoms with van der Waals surface area (Å²) in [6.45, 7) is 6.19. The first kappa shape index (κ1) is 30.7. The molecule has 1 saturated heterocycles. The average molecular weight is 596 g/mol. The van der Waals surface area contributed by atoms with Crippen LogP contribution in [0.5, 0.6) is 0 Å². The van der Waals surface area contributed by atoms with Gasteiger partial charge in [-0.15, -0.1) is 10.2 Å². The van der Waals surface area contributed by atoms with Crippen molar-refractivity contribution >= 4 is 28.7 Å². The number of carboxylic acids is 2. The summed E-state index contributed by atoms with van der Waals surface area (Å²) < 4.78 is 11.2. The third-order valence-electron chi connectivity index (χ3n) is 7.75. The van der Waals surface area contributed by atoms with Crippen LogP contribution in [0.1, 0.15) is 42.3 Å². The van der Waals surface area contributed by atoms with Crippen molar-refractivity contribution in [2.45, 2.75) is 44.9 Å². The van der Waals surface area contributed by atoms with Gasteiger partial charge in [0, 0.05) is 31.8 Å². The summed E-state index contributed by atoms with van der Waals surface area (Å²) in [6.07, 6.45) is 4.60. The van der Waals surface area contributed by atoms with Gasteiger partial charge < -0.3 is 24.4 Å². The Morgan fingerprint density at radius 3 is 1.93 bits per heavy atom. The predicted octanol–water partition coefficient (Wildman–Crippen LogP) is 5.36. The highest BCUT2D eigenvalue weighted by Gasteiger charge is 2.25. The molecule has 44 heavy (non-hydrogen) atoms. The van der Waals surface area contributed by atoms with Crippen molar-refractivity contribution in [1.29, 1.82) is 0 Å². The molecule has 6 rings (SSSR count). The van der Waals surface area contributed by atoms with Crippen molar-refractivity contribution in [2.75, 3.05) is 19.6 Å². The van der Waals surface area contributed by atoms with E-state index in [-0.39, 0.29) is 12.2 Å². The highest BCUT2D eigenvalue weighted by Crippen LogP contribution is 2.30. The number of carboxylic acid groups (broad SMARTS) is 2.